The van der Waals surface area contributed by atoms with Crippen LogP contribution in [0.25, 0.3) is 0 Å². The minimum absolute atomic E-state index is 0.166. The average Bonchev–Trinajstić information content (AvgIpc) is 2.83. The minimum atomic E-state index is -4.62. The molecule has 0 atom stereocenters. The topological polar surface area (TPSA) is 62.3 Å². The van der Waals surface area contributed by atoms with E-state index in [4.69, 9.17) is 10.5 Å². The number of alkyl halides is 3. The molecule has 114 valence electrons. The standard InChI is InChI=1S/C12H18F3N3O2/c13-12(14,15)20-6-5-19-11-7-17-18(8-11)10-3-1-9(16)2-4-10/h7-10H,1-6,16H2. The van der Waals surface area contributed by atoms with Gasteiger partial charge in [0.1, 0.15) is 6.61 Å². The van der Waals surface area contributed by atoms with Gasteiger partial charge in [0, 0.05) is 6.04 Å². The largest absolute Gasteiger partial charge is 0.522 e. The van der Waals surface area contributed by atoms with Crippen LogP contribution in [-0.2, 0) is 4.74 Å². The van der Waals surface area contributed by atoms with Gasteiger partial charge >= 0.3 is 6.36 Å². The summed E-state index contributed by atoms with van der Waals surface area (Å²) < 4.78 is 45.8. The summed E-state index contributed by atoms with van der Waals surface area (Å²) in [4.78, 5) is 0. The van der Waals surface area contributed by atoms with Gasteiger partial charge in [-0.1, -0.05) is 0 Å². The summed E-state index contributed by atoms with van der Waals surface area (Å²) in [6, 6.07) is 0.552. The zero-order valence-electron chi connectivity index (χ0n) is 11.0. The third kappa shape index (κ3) is 4.68. The summed E-state index contributed by atoms with van der Waals surface area (Å²) in [5.74, 6) is 0.450. The predicted octanol–water partition coefficient (Wildman–Crippen LogP) is 2.24. The number of nitrogens with two attached hydrogens (primary N) is 1. The van der Waals surface area contributed by atoms with Gasteiger partial charge in [-0.2, -0.15) is 5.10 Å². The Balaban J connectivity index is 1.75. The Kier molecular flexibility index (Phi) is 4.87. The van der Waals surface area contributed by atoms with E-state index in [9.17, 15) is 13.2 Å². The van der Waals surface area contributed by atoms with Crippen LogP contribution in [0, 0.1) is 0 Å². The van der Waals surface area contributed by atoms with Gasteiger partial charge in [-0.3, -0.25) is 9.42 Å². The molecule has 1 aromatic heterocycles. The van der Waals surface area contributed by atoms with Crippen molar-refractivity contribution < 1.29 is 22.6 Å². The van der Waals surface area contributed by atoms with E-state index in [0.717, 1.165) is 25.7 Å². The van der Waals surface area contributed by atoms with Crippen LogP contribution in [0.1, 0.15) is 31.7 Å². The van der Waals surface area contributed by atoms with Crippen LogP contribution in [0.2, 0.25) is 0 Å². The van der Waals surface area contributed by atoms with Gasteiger partial charge < -0.3 is 10.5 Å². The van der Waals surface area contributed by atoms with Crippen LogP contribution >= 0.6 is 0 Å². The first-order valence-electron chi connectivity index (χ1n) is 6.57. The molecule has 1 heterocycles. The number of hydrogen-bond donors (Lipinski definition) is 1. The second-order valence-corrected chi connectivity index (χ2v) is 4.87. The van der Waals surface area contributed by atoms with E-state index in [1.54, 1.807) is 10.9 Å². The van der Waals surface area contributed by atoms with Gasteiger partial charge in [-0.25, -0.2) is 0 Å². The molecule has 1 aliphatic carbocycles. The molecule has 1 aromatic rings. The summed E-state index contributed by atoms with van der Waals surface area (Å²) in [6.45, 7) is -0.701. The second-order valence-electron chi connectivity index (χ2n) is 4.87. The smallest absolute Gasteiger partial charge is 0.488 e. The lowest BCUT2D eigenvalue weighted by Gasteiger charge is -2.26. The zero-order valence-corrected chi connectivity index (χ0v) is 11.0. The second kappa shape index (κ2) is 6.45. The lowest BCUT2D eigenvalue weighted by Crippen LogP contribution is -2.27. The van der Waals surface area contributed by atoms with Crippen molar-refractivity contribution in [2.45, 2.75) is 44.1 Å². The van der Waals surface area contributed by atoms with Crippen LogP contribution < -0.4 is 10.5 Å². The molecule has 0 radical (unpaired) electrons. The average molecular weight is 293 g/mol. The molecule has 0 aromatic carbocycles. The maximum absolute atomic E-state index is 11.8. The third-order valence-electron chi connectivity index (χ3n) is 3.31. The predicted molar refractivity (Wildman–Crippen MR) is 65.2 cm³/mol. The van der Waals surface area contributed by atoms with Gasteiger partial charge in [-0.15, -0.1) is 13.2 Å². The highest BCUT2D eigenvalue weighted by Crippen LogP contribution is 2.28. The Labute approximate surface area is 114 Å². The van der Waals surface area contributed by atoms with E-state index in [2.05, 4.69) is 9.84 Å². The Morgan fingerprint density at radius 1 is 1.25 bits per heavy atom. The lowest BCUT2D eigenvalue weighted by atomic mass is 9.92. The van der Waals surface area contributed by atoms with Crippen molar-refractivity contribution in [2.75, 3.05) is 13.2 Å². The number of rotatable bonds is 5. The molecule has 0 unspecified atom stereocenters. The van der Waals surface area contributed by atoms with Crippen molar-refractivity contribution in [3.05, 3.63) is 12.4 Å². The van der Waals surface area contributed by atoms with E-state index >= 15 is 0 Å². The van der Waals surface area contributed by atoms with Crippen molar-refractivity contribution in [1.29, 1.82) is 0 Å². The molecule has 5 nitrogen and oxygen atoms in total. The van der Waals surface area contributed by atoms with Crippen LogP contribution in [-0.4, -0.2) is 35.4 Å². The number of hydrogen-bond acceptors (Lipinski definition) is 4. The number of aromatic nitrogens is 2. The molecule has 0 amide bonds. The summed E-state index contributed by atoms with van der Waals surface area (Å²) in [6.07, 6.45) is 2.42. The number of nitrogens with zero attached hydrogens (tertiary/aromatic N) is 2. The van der Waals surface area contributed by atoms with Crippen LogP contribution in [0.15, 0.2) is 12.4 Å². The lowest BCUT2D eigenvalue weighted by molar-refractivity contribution is -0.325. The van der Waals surface area contributed by atoms with Gasteiger partial charge in [0.15, 0.2) is 5.75 Å². The minimum Gasteiger partial charge on any atom is -0.488 e. The molecule has 2 N–H and O–H groups in total. The SMILES string of the molecule is NC1CCC(n2cc(OCCOC(F)(F)F)cn2)CC1. The first-order valence-corrected chi connectivity index (χ1v) is 6.57. The maximum atomic E-state index is 11.8. The maximum Gasteiger partial charge on any atom is 0.522 e. The summed E-state index contributed by atoms with van der Waals surface area (Å²) >= 11 is 0. The third-order valence-corrected chi connectivity index (χ3v) is 3.31. The Bertz CT molecular complexity index is 414. The highest BCUT2D eigenvalue weighted by Gasteiger charge is 2.28. The molecule has 0 spiro atoms. The fraction of sp³-hybridized carbons (Fsp3) is 0.750. The molecular weight excluding hydrogens is 275 g/mol. The molecule has 1 saturated carbocycles. The fourth-order valence-corrected chi connectivity index (χ4v) is 2.28. The Morgan fingerprint density at radius 3 is 2.60 bits per heavy atom. The normalized spacial score (nSPS) is 23.8. The quantitative estimate of drug-likeness (QED) is 0.846. The van der Waals surface area contributed by atoms with Gasteiger partial charge in [0.2, 0.25) is 0 Å². The molecule has 0 bridgehead atoms. The molecule has 0 saturated heterocycles. The number of halogens is 3. The van der Waals surface area contributed by atoms with E-state index < -0.39 is 13.0 Å². The van der Waals surface area contributed by atoms with Gasteiger partial charge in [0.05, 0.1) is 25.0 Å². The van der Waals surface area contributed by atoms with E-state index in [-0.39, 0.29) is 12.6 Å². The molecule has 1 aliphatic rings. The first-order chi connectivity index (χ1) is 9.44. The summed E-state index contributed by atoms with van der Waals surface area (Å²) in [5.41, 5.74) is 5.84. The molecule has 1 fully saturated rings. The molecule has 8 heteroatoms. The van der Waals surface area contributed by atoms with Crippen molar-refractivity contribution in [2.24, 2.45) is 5.73 Å². The van der Waals surface area contributed by atoms with E-state index in [1.807, 2.05) is 0 Å². The van der Waals surface area contributed by atoms with Crippen molar-refractivity contribution in [3.63, 3.8) is 0 Å². The molecule has 0 aliphatic heterocycles. The molecular formula is C12H18F3N3O2. The van der Waals surface area contributed by atoms with Gasteiger partial charge in [-0.05, 0) is 25.7 Å². The highest BCUT2D eigenvalue weighted by molar-refractivity contribution is 5.12. The Morgan fingerprint density at radius 2 is 1.95 bits per heavy atom. The van der Waals surface area contributed by atoms with E-state index in [1.165, 1.54) is 6.20 Å². The van der Waals surface area contributed by atoms with Crippen molar-refractivity contribution in [3.8, 4) is 5.75 Å². The molecule has 2 rings (SSSR count). The summed E-state index contributed by atoms with van der Waals surface area (Å²) in [5, 5.41) is 4.18. The van der Waals surface area contributed by atoms with Crippen LogP contribution in [0.5, 0.6) is 5.75 Å². The van der Waals surface area contributed by atoms with E-state index in [0.29, 0.717) is 11.8 Å². The zero-order chi connectivity index (χ0) is 14.6. The number of ether oxygens (including phenoxy) is 2. The fourth-order valence-electron chi connectivity index (χ4n) is 2.28. The molecule has 20 heavy (non-hydrogen) atoms. The van der Waals surface area contributed by atoms with Gasteiger partial charge in [0.25, 0.3) is 0 Å². The van der Waals surface area contributed by atoms with Crippen molar-refractivity contribution in [1.82, 2.24) is 9.78 Å². The monoisotopic (exact) mass is 293 g/mol. The highest BCUT2D eigenvalue weighted by atomic mass is 19.4. The van der Waals surface area contributed by atoms with Crippen LogP contribution in [0.4, 0.5) is 13.2 Å². The van der Waals surface area contributed by atoms with Crippen LogP contribution in [0.3, 0.4) is 0 Å². The van der Waals surface area contributed by atoms with Crippen molar-refractivity contribution >= 4 is 0 Å². The first kappa shape index (κ1) is 15.1. The Hall–Kier alpha value is -1.28. The summed E-state index contributed by atoms with van der Waals surface area (Å²) in [7, 11) is 0.